The van der Waals surface area contributed by atoms with Gasteiger partial charge in [0.05, 0.1) is 4.34 Å². The number of halogens is 2. The van der Waals surface area contributed by atoms with Gasteiger partial charge in [0.15, 0.2) is 0 Å². The highest BCUT2D eigenvalue weighted by atomic mass is 35.5. The first-order valence-corrected chi connectivity index (χ1v) is 7.60. The zero-order valence-electron chi connectivity index (χ0n) is 9.04. The van der Waals surface area contributed by atoms with Crippen LogP contribution in [0.2, 0.25) is 8.67 Å². The van der Waals surface area contributed by atoms with Gasteiger partial charge in [-0.1, -0.05) is 23.2 Å². The summed E-state index contributed by atoms with van der Waals surface area (Å²) in [6, 6.07) is 1.20. The van der Waals surface area contributed by atoms with Crippen molar-refractivity contribution in [2.45, 2.75) is 24.8 Å². The molecule has 0 fully saturated rings. The lowest BCUT2D eigenvalue weighted by Crippen LogP contribution is -2.43. The van der Waals surface area contributed by atoms with E-state index in [0.717, 1.165) is 11.3 Å². The van der Waals surface area contributed by atoms with Gasteiger partial charge in [-0.15, -0.1) is 11.3 Å². The largest absolute Gasteiger partial charge is 0.354 e. The molecule has 3 N–H and O–H groups in total. The molecule has 0 bridgehead atoms. The van der Waals surface area contributed by atoms with E-state index in [0.29, 0.717) is 0 Å². The van der Waals surface area contributed by atoms with Gasteiger partial charge in [0, 0.05) is 6.04 Å². The lowest BCUT2D eigenvalue weighted by molar-refractivity contribution is 0.590. The lowest BCUT2D eigenvalue weighted by Gasteiger charge is -2.12. The predicted octanol–water partition coefficient (Wildman–Crippen LogP) is 2.27. The fourth-order valence-electron chi connectivity index (χ4n) is 1.02. The molecule has 0 atom stereocenters. The van der Waals surface area contributed by atoms with Crippen LogP contribution in [-0.4, -0.2) is 20.4 Å². The Morgan fingerprint density at radius 2 is 2.06 bits per heavy atom. The fourth-order valence-corrected chi connectivity index (χ4v) is 4.11. The maximum atomic E-state index is 11.8. The van der Waals surface area contributed by atoms with E-state index in [9.17, 15) is 8.42 Å². The number of hydrogen-bond acceptors (Lipinski definition) is 4. The van der Waals surface area contributed by atoms with Crippen LogP contribution >= 0.6 is 34.5 Å². The van der Waals surface area contributed by atoms with E-state index in [1.165, 1.54) is 6.07 Å². The maximum Gasteiger partial charge on any atom is 0.266 e. The quantitative estimate of drug-likeness (QED) is 0.591. The van der Waals surface area contributed by atoms with Gasteiger partial charge < -0.3 is 5.32 Å². The van der Waals surface area contributed by atoms with Gasteiger partial charge in [-0.25, -0.2) is 13.1 Å². The first-order valence-electron chi connectivity index (χ1n) is 4.55. The average Bonchev–Trinajstić information content (AvgIpc) is 2.42. The average molecular weight is 316 g/mol. The van der Waals surface area contributed by atoms with Crippen LogP contribution in [0, 0.1) is 5.41 Å². The third kappa shape index (κ3) is 4.02. The molecule has 5 nitrogen and oxygen atoms in total. The maximum absolute atomic E-state index is 11.8. The van der Waals surface area contributed by atoms with Crippen LogP contribution in [0.3, 0.4) is 0 Å². The predicted molar refractivity (Wildman–Crippen MR) is 70.7 cm³/mol. The van der Waals surface area contributed by atoms with Crippen LogP contribution in [0.1, 0.15) is 13.8 Å². The molecule has 1 rings (SSSR count). The molecule has 17 heavy (non-hydrogen) atoms. The summed E-state index contributed by atoms with van der Waals surface area (Å²) < 4.78 is 26.1. The van der Waals surface area contributed by atoms with Crippen LogP contribution < -0.4 is 10.0 Å². The SMILES string of the molecule is CC(C)NC(=N)NS(=O)(=O)c1cc(Cl)sc1Cl. The van der Waals surface area contributed by atoms with Crippen LogP contribution in [0.15, 0.2) is 11.0 Å². The Morgan fingerprint density at radius 1 is 1.47 bits per heavy atom. The molecule has 0 aliphatic carbocycles. The van der Waals surface area contributed by atoms with Crippen molar-refractivity contribution in [1.82, 2.24) is 10.0 Å². The summed E-state index contributed by atoms with van der Waals surface area (Å²) in [5.74, 6) is -0.307. The van der Waals surface area contributed by atoms with Crippen LogP contribution in [0.5, 0.6) is 0 Å². The van der Waals surface area contributed by atoms with Crippen molar-refractivity contribution in [3.63, 3.8) is 0 Å². The van der Waals surface area contributed by atoms with Gasteiger partial charge in [-0.05, 0) is 19.9 Å². The molecular formula is C8H11Cl2N3O2S2. The minimum Gasteiger partial charge on any atom is -0.354 e. The van der Waals surface area contributed by atoms with Crippen molar-refractivity contribution < 1.29 is 8.42 Å². The van der Waals surface area contributed by atoms with Gasteiger partial charge in [-0.3, -0.25) is 5.41 Å². The molecule has 1 heterocycles. The van der Waals surface area contributed by atoms with E-state index in [1.807, 2.05) is 0 Å². The number of guanidine groups is 1. The fraction of sp³-hybridized carbons (Fsp3) is 0.375. The van der Waals surface area contributed by atoms with Gasteiger partial charge in [-0.2, -0.15) is 0 Å². The Kier molecular flexibility index (Phi) is 4.65. The molecule has 0 aliphatic heterocycles. The summed E-state index contributed by atoms with van der Waals surface area (Å²) in [5, 5.41) is 10.0. The monoisotopic (exact) mass is 315 g/mol. The highest BCUT2D eigenvalue weighted by molar-refractivity contribution is 7.90. The van der Waals surface area contributed by atoms with E-state index < -0.39 is 10.0 Å². The second-order valence-corrected chi connectivity index (χ2v) is 7.40. The summed E-state index contributed by atoms with van der Waals surface area (Å²) in [7, 11) is -3.86. The van der Waals surface area contributed by atoms with Crippen molar-refractivity contribution in [1.29, 1.82) is 5.41 Å². The summed E-state index contributed by atoms with van der Waals surface area (Å²) >= 11 is 12.4. The highest BCUT2D eigenvalue weighted by Crippen LogP contribution is 2.33. The smallest absolute Gasteiger partial charge is 0.266 e. The molecule has 0 aromatic carbocycles. The van der Waals surface area contributed by atoms with Gasteiger partial charge >= 0.3 is 0 Å². The first-order chi connectivity index (χ1) is 7.72. The molecule has 0 saturated carbocycles. The molecule has 1 aromatic rings. The Labute approximate surface area is 114 Å². The first kappa shape index (κ1) is 14.6. The molecule has 0 saturated heterocycles. The molecule has 0 spiro atoms. The van der Waals surface area contributed by atoms with Crippen LogP contribution in [0.25, 0.3) is 0 Å². The number of rotatable bonds is 3. The van der Waals surface area contributed by atoms with E-state index in [2.05, 4.69) is 10.0 Å². The molecule has 0 aliphatic rings. The Morgan fingerprint density at radius 3 is 2.47 bits per heavy atom. The number of nitrogens with one attached hydrogen (secondary N) is 3. The molecule has 96 valence electrons. The summed E-state index contributed by atoms with van der Waals surface area (Å²) in [6.45, 7) is 3.58. The Balaban J connectivity index is 2.90. The van der Waals surface area contributed by atoms with E-state index >= 15 is 0 Å². The second kappa shape index (κ2) is 5.43. The van der Waals surface area contributed by atoms with Gasteiger partial charge in [0.25, 0.3) is 10.0 Å². The van der Waals surface area contributed by atoms with E-state index in [4.69, 9.17) is 28.6 Å². The normalized spacial score (nSPS) is 11.6. The third-order valence-corrected chi connectivity index (χ3v) is 4.69. The summed E-state index contributed by atoms with van der Waals surface area (Å²) in [5.41, 5.74) is 0. The molecular weight excluding hydrogens is 305 g/mol. The van der Waals surface area contributed by atoms with Gasteiger partial charge in [0.1, 0.15) is 9.23 Å². The van der Waals surface area contributed by atoms with Crippen molar-refractivity contribution in [3.8, 4) is 0 Å². The van der Waals surface area contributed by atoms with Crippen molar-refractivity contribution in [2.24, 2.45) is 0 Å². The minimum absolute atomic E-state index is 0.0493. The topological polar surface area (TPSA) is 82.1 Å². The number of sulfonamides is 1. The Hall–Kier alpha value is -0.500. The second-order valence-electron chi connectivity index (χ2n) is 3.47. The minimum atomic E-state index is -3.86. The van der Waals surface area contributed by atoms with E-state index in [1.54, 1.807) is 13.8 Å². The van der Waals surface area contributed by atoms with Crippen molar-refractivity contribution in [2.75, 3.05) is 0 Å². The molecule has 1 aromatic heterocycles. The molecule has 0 radical (unpaired) electrons. The molecule has 0 amide bonds. The zero-order chi connectivity index (χ0) is 13.2. The number of hydrogen-bond donors (Lipinski definition) is 3. The highest BCUT2D eigenvalue weighted by Gasteiger charge is 2.22. The van der Waals surface area contributed by atoms with Crippen LogP contribution in [0.4, 0.5) is 0 Å². The third-order valence-electron chi connectivity index (χ3n) is 1.58. The molecule has 0 unspecified atom stereocenters. The molecule has 9 heteroatoms. The van der Waals surface area contributed by atoms with Gasteiger partial charge in [0.2, 0.25) is 5.96 Å². The Bertz CT molecular complexity index is 525. The lowest BCUT2D eigenvalue weighted by atomic mass is 10.4. The summed E-state index contributed by atoms with van der Waals surface area (Å²) in [6.07, 6.45) is 0. The zero-order valence-corrected chi connectivity index (χ0v) is 12.2. The van der Waals surface area contributed by atoms with Crippen molar-refractivity contribution >= 4 is 50.5 Å². The number of thiophene rings is 1. The summed E-state index contributed by atoms with van der Waals surface area (Å²) in [4.78, 5) is -0.121. The van der Waals surface area contributed by atoms with Crippen molar-refractivity contribution in [3.05, 3.63) is 14.7 Å². The standard InChI is InChI=1S/C8H11Cl2N3O2S2/c1-4(2)12-8(11)13-17(14,15)5-3-6(9)16-7(5)10/h3-4H,1-2H3,(H3,11,12,13). The van der Waals surface area contributed by atoms with Crippen LogP contribution in [-0.2, 0) is 10.0 Å². The van der Waals surface area contributed by atoms with E-state index in [-0.39, 0.29) is 25.6 Å².